The van der Waals surface area contributed by atoms with Crippen LogP contribution in [0.1, 0.15) is 6.92 Å². The first-order chi connectivity index (χ1) is 15.5. The van der Waals surface area contributed by atoms with Crippen LogP contribution < -0.4 is 14.8 Å². The Hall–Kier alpha value is -2.39. The first-order valence-electron chi connectivity index (χ1n) is 10.2. The lowest BCUT2D eigenvalue weighted by Crippen LogP contribution is -2.44. The summed E-state index contributed by atoms with van der Waals surface area (Å²) < 4.78 is 31.7. The fourth-order valence-corrected chi connectivity index (χ4v) is 3.85. The highest BCUT2D eigenvalue weighted by atomic mass is 35.5. The molecule has 3 aromatic rings. The molecule has 1 aromatic heterocycles. The van der Waals surface area contributed by atoms with Gasteiger partial charge in [0.05, 0.1) is 35.0 Å². The van der Waals surface area contributed by atoms with E-state index in [1.807, 2.05) is 0 Å². The van der Waals surface area contributed by atoms with Crippen LogP contribution >= 0.6 is 23.2 Å². The molecule has 0 spiro atoms. The van der Waals surface area contributed by atoms with Crippen molar-refractivity contribution in [2.45, 2.75) is 13.0 Å². The number of benzene rings is 2. The molecule has 32 heavy (non-hydrogen) atoms. The molecule has 10 heteroatoms. The molecule has 0 aliphatic carbocycles. The van der Waals surface area contributed by atoms with Crippen molar-refractivity contribution in [1.29, 1.82) is 0 Å². The second kappa shape index (κ2) is 10.0. The van der Waals surface area contributed by atoms with Crippen LogP contribution in [0.5, 0.6) is 11.5 Å². The maximum atomic E-state index is 14.3. The molecule has 1 aliphatic rings. The van der Waals surface area contributed by atoms with E-state index in [1.54, 1.807) is 19.2 Å². The van der Waals surface area contributed by atoms with Crippen LogP contribution in [0.25, 0.3) is 10.9 Å². The van der Waals surface area contributed by atoms with Crippen LogP contribution in [0.3, 0.4) is 0 Å². The summed E-state index contributed by atoms with van der Waals surface area (Å²) in [4.78, 5) is 10.9. The van der Waals surface area contributed by atoms with Gasteiger partial charge in [0, 0.05) is 24.5 Å². The average molecular weight is 481 g/mol. The van der Waals surface area contributed by atoms with Gasteiger partial charge in [-0.25, -0.2) is 14.4 Å². The maximum Gasteiger partial charge on any atom is 0.163 e. The Morgan fingerprint density at radius 1 is 1.19 bits per heavy atom. The Morgan fingerprint density at radius 2 is 2.00 bits per heavy atom. The van der Waals surface area contributed by atoms with Crippen molar-refractivity contribution in [1.82, 2.24) is 14.9 Å². The Kier molecular flexibility index (Phi) is 7.15. The molecule has 0 radical (unpaired) electrons. The van der Waals surface area contributed by atoms with Crippen LogP contribution in [0.2, 0.25) is 10.0 Å². The molecule has 4 rings (SSSR count). The van der Waals surface area contributed by atoms with E-state index < -0.39 is 5.82 Å². The zero-order chi connectivity index (χ0) is 22.7. The number of likely N-dealkylation sites (N-methyl/N-ethyl adjacent to an activating group) is 1. The van der Waals surface area contributed by atoms with E-state index in [2.05, 4.69) is 27.1 Å². The van der Waals surface area contributed by atoms with Gasteiger partial charge in [-0.1, -0.05) is 30.1 Å². The number of nitrogens with one attached hydrogen (secondary N) is 1. The van der Waals surface area contributed by atoms with Crippen LogP contribution in [0.15, 0.2) is 30.6 Å². The summed E-state index contributed by atoms with van der Waals surface area (Å²) in [5, 5.41) is 3.95. The summed E-state index contributed by atoms with van der Waals surface area (Å²) >= 11 is 11.9. The molecule has 1 fully saturated rings. The lowest BCUT2D eigenvalue weighted by Gasteiger charge is -2.31. The Balaban J connectivity index is 1.59. The van der Waals surface area contributed by atoms with Crippen molar-refractivity contribution in [3.8, 4) is 11.5 Å². The molecule has 0 bridgehead atoms. The molecule has 7 nitrogen and oxygen atoms in total. The van der Waals surface area contributed by atoms with Gasteiger partial charge in [-0.3, -0.25) is 4.90 Å². The molecule has 1 unspecified atom stereocenters. The number of ether oxygens (including phenoxy) is 3. The highest BCUT2D eigenvalue weighted by Crippen LogP contribution is 2.36. The molecular formula is C22H23Cl2FN4O3. The molecule has 0 saturated carbocycles. The van der Waals surface area contributed by atoms with E-state index >= 15 is 0 Å². The van der Waals surface area contributed by atoms with Gasteiger partial charge in [-0.2, -0.15) is 0 Å². The van der Waals surface area contributed by atoms with Crippen LogP contribution in [-0.2, 0) is 4.74 Å². The van der Waals surface area contributed by atoms with E-state index in [0.717, 1.165) is 25.7 Å². The quantitative estimate of drug-likeness (QED) is 0.480. The van der Waals surface area contributed by atoms with Crippen molar-refractivity contribution in [2.24, 2.45) is 0 Å². The van der Waals surface area contributed by atoms with Gasteiger partial charge in [0.2, 0.25) is 0 Å². The Bertz CT molecular complexity index is 1120. The molecule has 0 amide bonds. The fraction of sp³-hybridized carbons (Fsp3) is 0.364. The molecule has 1 saturated heterocycles. The zero-order valence-corrected chi connectivity index (χ0v) is 19.2. The van der Waals surface area contributed by atoms with Gasteiger partial charge in [0.1, 0.15) is 30.7 Å². The highest BCUT2D eigenvalue weighted by molar-refractivity contribution is 6.42. The van der Waals surface area contributed by atoms with Crippen LogP contribution in [-0.4, -0.2) is 60.9 Å². The fourth-order valence-electron chi connectivity index (χ4n) is 3.53. The number of hydrogen-bond acceptors (Lipinski definition) is 7. The third-order valence-corrected chi connectivity index (χ3v) is 6.00. The van der Waals surface area contributed by atoms with Crippen molar-refractivity contribution in [2.75, 3.05) is 45.3 Å². The normalized spacial score (nSPS) is 16.8. The summed E-state index contributed by atoms with van der Waals surface area (Å²) in [5.41, 5.74) is 0.757. The average Bonchev–Trinajstić information content (AvgIpc) is 2.81. The smallest absolute Gasteiger partial charge is 0.163 e. The Morgan fingerprint density at radius 3 is 2.78 bits per heavy atom. The van der Waals surface area contributed by atoms with Crippen LogP contribution in [0.4, 0.5) is 15.9 Å². The molecule has 1 N–H and O–H groups in total. The molecule has 2 aromatic carbocycles. The number of halogens is 3. The number of nitrogens with zero attached hydrogens (tertiary/aromatic N) is 3. The van der Waals surface area contributed by atoms with Crippen molar-refractivity contribution in [3.63, 3.8) is 0 Å². The number of methoxy groups -OCH3 is 1. The lowest BCUT2D eigenvalue weighted by atomic mass is 10.2. The highest BCUT2D eigenvalue weighted by Gasteiger charge is 2.21. The number of morpholine rings is 1. The van der Waals surface area contributed by atoms with Gasteiger partial charge in [-0.05, 0) is 24.7 Å². The summed E-state index contributed by atoms with van der Waals surface area (Å²) in [6.45, 7) is 5.93. The van der Waals surface area contributed by atoms with Crippen molar-refractivity contribution in [3.05, 3.63) is 46.5 Å². The molecule has 1 aliphatic heterocycles. The van der Waals surface area contributed by atoms with E-state index in [1.165, 1.54) is 12.4 Å². The zero-order valence-electron chi connectivity index (χ0n) is 17.7. The van der Waals surface area contributed by atoms with Gasteiger partial charge in [0.25, 0.3) is 0 Å². The maximum absolute atomic E-state index is 14.3. The molecule has 2 heterocycles. The number of hydrogen-bond donors (Lipinski definition) is 1. The minimum absolute atomic E-state index is 0.0237. The van der Waals surface area contributed by atoms with E-state index in [-0.39, 0.29) is 21.8 Å². The Labute approximate surface area is 195 Å². The summed E-state index contributed by atoms with van der Waals surface area (Å²) in [6, 6.07) is 6.08. The number of fused-ring (bicyclic) bond motifs is 1. The summed E-state index contributed by atoms with van der Waals surface area (Å²) in [5.74, 6) is 0.897. The van der Waals surface area contributed by atoms with E-state index in [9.17, 15) is 4.39 Å². The molecule has 170 valence electrons. The monoisotopic (exact) mass is 480 g/mol. The number of aromatic nitrogens is 2. The van der Waals surface area contributed by atoms with Gasteiger partial charge in [-0.15, -0.1) is 0 Å². The standard InChI is InChI=1S/C22H23Cl2FN4O3/c1-3-29-4-5-31-13(10-29)11-32-21-9-18-14(6-20(21)30-2)22(27-12-26-18)28-19-8-16(24)15(23)7-17(19)25/h6-9,12-13H,3-5,10-11H2,1-2H3,(H,26,27,28). The molecular weight excluding hydrogens is 458 g/mol. The SMILES string of the molecule is CCN1CCOC(COc2cc3ncnc(Nc4cc(Cl)c(Cl)cc4F)c3cc2OC)C1. The number of rotatable bonds is 7. The topological polar surface area (TPSA) is 68.7 Å². The van der Waals surface area contributed by atoms with Gasteiger partial charge >= 0.3 is 0 Å². The first kappa shape index (κ1) is 22.8. The van der Waals surface area contributed by atoms with E-state index in [0.29, 0.717) is 41.4 Å². The van der Waals surface area contributed by atoms with Crippen molar-refractivity contribution >= 4 is 45.6 Å². The largest absolute Gasteiger partial charge is 0.493 e. The minimum atomic E-state index is -0.549. The van der Waals surface area contributed by atoms with Gasteiger partial charge in [0.15, 0.2) is 11.5 Å². The first-order valence-corrected chi connectivity index (χ1v) is 10.9. The van der Waals surface area contributed by atoms with Crippen LogP contribution in [0, 0.1) is 5.82 Å². The minimum Gasteiger partial charge on any atom is -0.493 e. The van der Waals surface area contributed by atoms with Crippen molar-refractivity contribution < 1.29 is 18.6 Å². The van der Waals surface area contributed by atoms with E-state index in [4.69, 9.17) is 37.4 Å². The molecule has 1 atom stereocenters. The second-order valence-corrected chi connectivity index (χ2v) is 8.13. The predicted octanol–water partition coefficient (Wildman–Crippen LogP) is 4.93. The third-order valence-electron chi connectivity index (χ3n) is 5.28. The number of anilines is 2. The lowest BCUT2D eigenvalue weighted by molar-refractivity contribution is -0.0466. The second-order valence-electron chi connectivity index (χ2n) is 7.31. The third kappa shape index (κ3) is 4.99. The predicted molar refractivity (Wildman–Crippen MR) is 123 cm³/mol. The van der Waals surface area contributed by atoms with Gasteiger partial charge < -0.3 is 19.5 Å². The summed E-state index contributed by atoms with van der Waals surface area (Å²) in [6.07, 6.45) is 1.36. The summed E-state index contributed by atoms with van der Waals surface area (Å²) in [7, 11) is 1.56.